The standard InChI is InChI=1S/C15H22O2.C9H10O2/c1-3-5-11-17-15(16)10-9-14-8-6-7-13(4-2)12-14;10-9(11)7-6-8-4-2-1-3-5-8/h6-8,12H,3-5,9-11H2,1-2H3;1-5H,6-7H2,(H,10,11). The predicted octanol–water partition coefficient (Wildman–Crippen LogP) is 5.23. The number of benzene rings is 2. The van der Waals surface area contributed by atoms with Gasteiger partial charge in [-0.3, -0.25) is 9.59 Å². The molecular weight excluding hydrogens is 352 g/mol. The van der Waals surface area contributed by atoms with Gasteiger partial charge in [0.2, 0.25) is 0 Å². The van der Waals surface area contributed by atoms with Crippen molar-refractivity contribution in [2.75, 3.05) is 6.61 Å². The van der Waals surface area contributed by atoms with E-state index in [1.54, 1.807) is 0 Å². The molecule has 0 atom stereocenters. The van der Waals surface area contributed by atoms with Crippen LogP contribution >= 0.6 is 0 Å². The van der Waals surface area contributed by atoms with Crippen LogP contribution in [0.25, 0.3) is 0 Å². The summed E-state index contributed by atoms with van der Waals surface area (Å²) >= 11 is 0. The molecule has 0 radical (unpaired) electrons. The van der Waals surface area contributed by atoms with Gasteiger partial charge in [0.1, 0.15) is 0 Å². The van der Waals surface area contributed by atoms with E-state index in [1.807, 2.05) is 30.3 Å². The minimum Gasteiger partial charge on any atom is -0.481 e. The highest BCUT2D eigenvalue weighted by Crippen LogP contribution is 2.09. The Balaban J connectivity index is 0.000000307. The molecule has 0 fully saturated rings. The van der Waals surface area contributed by atoms with Crippen LogP contribution in [0.3, 0.4) is 0 Å². The number of carboxylic acids is 1. The van der Waals surface area contributed by atoms with Gasteiger partial charge in [-0.25, -0.2) is 0 Å². The maximum Gasteiger partial charge on any atom is 0.306 e. The lowest BCUT2D eigenvalue weighted by Gasteiger charge is -2.05. The van der Waals surface area contributed by atoms with E-state index in [2.05, 4.69) is 38.1 Å². The average Bonchev–Trinajstić information content (AvgIpc) is 2.72. The van der Waals surface area contributed by atoms with E-state index in [9.17, 15) is 9.59 Å². The summed E-state index contributed by atoms with van der Waals surface area (Å²) in [7, 11) is 0. The number of aliphatic carboxylic acids is 1. The fourth-order valence-electron chi connectivity index (χ4n) is 2.55. The van der Waals surface area contributed by atoms with Crippen LogP contribution in [0.4, 0.5) is 0 Å². The molecule has 0 amide bonds. The van der Waals surface area contributed by atoms with Crippen molar-refractivity contribution in [2.24, 2.45) is 0 Å². The highest BCUT2D eigenvalue weighted by molar-refractivity contribution is 5.69. The van der Waals surface area contributed by atoms with Crippen molar-refractivity contribution in [3.8, 4) is 0 Å². The first-order valence-electron chi connectivity index (χ1n) is 10.0. The zero-order valence-electron chi connectivity index (χ0n) is 17.0. The Hall–Kier alpha value is -2.62. The van der Waals surface area contributed by atoms with E-state index in [4.69, 9.17) is 9.84 Å². The number of carbonyl (C=O) groups is 2. The van der Waals surface area contributed by atoms with Crippen molar-refractivity contribution in [2.45, 2.75) is 58.8 Å². The average molecular weight is 385 g/mol. The van der Waals surface area contributed by atoms with Gasteiger partial charge in [0.25, 0.3) is 0 Å². The molecular formula is C24H32O4. The van der Waals surface area contributed by atoms with E-state index in [-0.39, 0.29) is 12.4 Å². The second-order valence-corrected chi connectivity index (χ2v) is 6.63. The molecule has 0 saturated heterocycles. The molecule has 0 spiro atoms. The number of hydrogen-bond donors (Lipinski definition) is 1. The fourth-order valence-corrected chi connectivity index (χ4v) is 2.55. The summed E-state index contributed by atoms with van der Waals surface area (Å²) in [5.74, 6) is -0.825. The molecule has 0 unspecified atom stereocenters. The second kappa shape index (κ2) is 14.4. The van der Waals surface area contributed by atoms with Gasteiger partial charge in [-0.15, -0.1) is 0 Å². The summed E-state index contributed by atoms with van der Waals surface area (Å²) in [6.07, 6.45) is 5.15. The number of carbonyl (C=O) groups excluding carboxylic acids is 1. The molecule has 1 N–H and O–H groups in total. The molecule has 28 heavy (non-hydrogen) atoms. The summed E-state index contributed by atoms with van der Waals surface area (Å²) < 4.78 is 5.12. The Bertz CT molecular complexity index is 695. The van der Waals surface area contributed by atoms with Crippen LogP contribution in [-0.4, -0.2) is 23.7 Å². The third-order valence-electron chi connectivity index (χ3n) is 4.25. The number of ether oxygens (including phenoxy) is 1. The van der Waals surface area contributed by atoms with Gasteiger partial charge >= 0.3 is 11.9 Å². The van der Waals surface area contributed by atoms with Crippen LogP contribution in [0.15, 0.2) is 54.6 Å². The second-order valence-electron chi connectivity index (χ2n) is 6.63. The van der Waals surface area contributed by atoms with Crippen molar-refractivity contribution in [3.63, 3.8) is 0 Å². The molecule has 0 aromatic heterocycles. The Morgan fingerprint density at radius 2 is 1.50 bits per heavy atom. The molecule has 152 valence electrons. The maximum atomic E-state index is 11.4. The summed E-state index contributed by atoms with van der Waals surface area (Å²) in [6.45, 7) is 4.78. The number of esters is 1. The van der Waals surface area contributed by atoms with E-state index in [0.29, 0.717) is 19.4 Å². The molecule has 2 aromatic carbocycles. The molecule has 4 heteroatoms. The van der Waals surface area contributed by atoms with Crippen LogP contribution < -0.4 is 0 Å². The zero-order valence-corrected chi connectivity index (χ0v) is 17.0. The minimum absolute atomic E-state index is 0.0830. The van der Waals surface area contributed by atoms with Gasteiger partial charge < -0.3 is 9.84 Å². The normalized spacial score (nSPS) is 9.93. The quantitative estimate of drug-likeness (QED) is 0.450. The lowest BCUT2D eigenvalue weighted by atomic mass is 10.1. The summed E-state index contributed by atoms with van der Waals surface area (Å²) in [6, 6.07) is 18.0. The fraction of sp³-hybridized carbons (Fsp3) is 0.417. The highest BCUT2D eigenvalue weighted by atomic mass is 16.5. The van der Waals surface area contributed by atoms with Crippen molar-refractivity contribution < 1.29 is 19.4 Å². The van der Waals surface area contributed by atoms with E-state index < -0.39 is 5.97 Å². The van der Waals surface area contributed by atoms with E-state index in [1.165, 1.54) is 11.1 Å². The molecule has 0 saturated carbocycles. The smallest absolute Gasteiger partial charge is 0.306 e. The summed E-state index contributed by atoms with van der Waals surface area (Å²) in [4.78, 5) is 21.6. The van der Waals surface area contributed by atoms with Crippen molar-refractivity contribution in [1.29, 1.82) is 0 Å². The molecule has 0 aliphatic carbocycles. The third-order valence-corrected chi connectivity index (χ3v) is 4.25. The molecule has 2 rings (SSSR count). The van der Waals surface area contributed by atoms with Gasteiger partial charge in [-0.1, -0.05) is 74.9 Å². The summed E-state index contributed by atoms with van der Waals surface area (Å²) in [5.41, 5.74) is 3.62. The first-order chi connectivity index (χ1) is 13.5. The van der Waals surface area contributed by atoms with Gasteiger partial charge in [0.15, 0.2) is 0 Å². The lowest BCUT2D eigenvalue weighted by Crippen LogP contribution is -2.06. The zero-order chi connectivity index (χ0) is 20.6. The van der Waals surface area contributed by atoms with Crippen molar-refractivity contribution in [1.82, 2.24) is 0 Å². The Kier molecular flexibility index (Phi) is 12.1. The topological polar surface area (TPSA) is 63.6 Å². The molecule has 4 nitrogen and oxygen atoms in total. The number of hydrogen-bond acceptors (Lipinski definition) is 3. The van der Waals surface area contributed by atoms with Crippen LogP contribution in [0.2, 0.25) is 0 Å². The Morgan fingerprint density at radius 3 is 2.14 bits per heavy atom. The van der Waals surface area contributed by atoms with Crippen LogP contribution in [0, 0.1) is 0 Å². The van der Waals surface area contributed by atoms with Gasteiger partial charge in [-0.05, 0) is 42.4 Å². The molecule has 0 bridgehead atoms. The number of carboxylic acid groups (broad SMARTS) is 1. The van der Waals surface area contributed by atoms with E-state index in [0.717, 1.165) is 31.2 Å². The SMILES string of the molecule is CCCCOC(=O)CCc1cccc(CC)c1.O=C(O)CCc1ccccc1. The highest BCUT2D eigenvalue weighted by Gasteiger charge is 2.03. The molecule has 0 aliphatic rings. The largest absolute Gasteiger partial charge is 0.481 e. The summed E-state index contributed by atoms with van der Waals surface area (Å²) in [5, 5.41) is 8.37. The lowest BCUT2D eigenvalue weighted by molar-refractivity contribution is -0.143. The predicted molar refractivity (Wildman–Crippen MR) is 112 cm³/mol. The number of unbranched alkanes of at least 4 members (excludes halogenated alkanes) is 1. The van der Waals surface area contributed by atoms with Crippen LogP contribution in [-0.2, 0) is 33.6 Å². The van der Waals surface area contributed by atoms with Crippen molar-refractivity contribution in [3.05, 3.63) is 71.3 Å². The third kappa shape index (κ3) is 11.2. The van der Waals surface area contributed by atoms with Crippen LogP contribution in [0.5, 0.6) is 0 Å². The van der Waals surface area contributed by atoms with Gasteiger partial charge in [-0.2, -0.15) is 0 Å². The van der Waals surface area contributed by atoms with Gasteiger partial charge in [0.05, 0.1) is 6.61 Å². The van der Waals surface area contributed by atoms with E-state index >= 15 is 0 Å². The Morgan fingerprint density at radius 1 is 0.857 bits per heavy atom. The molecule has 2 aromatic rings. The number of aryl methyl sites for hydroxylation is 3. The monoisotopic (exact) mass is 384 g/mol. The van der Waals surface area contributed by atoms with Crippen molar-refractivity contribution >= 4 is 11.9 Å². The molecule has 0 heterocycles. The maximum absolute atomic E-state index is 11.4. The Labute approximate surface area is 168 Å². The van der Waals surface area contributed by atoms with Crippen LogP contribution in [0.1, 0.15) is 56.2 Å². The van der Waals surface area contributed by atoms with Gasteiger partial charge in [0, 0.05) is 12.8 Å². The molecule has 0 aliphatic heterocycles. The number of rotatable bonds is 10. The first kappa shape index (κ1) is 23.4. The first-order valence-corrected chi connectivity index (χ1v) is 10.0. The minimum atomic E-state index is -0.742.